The van der Waals surface area contributed by atoms with E-state index in [1.54, 1.807) is 12.3 Å². The molecule has 0 aliphatic carbocycles. The predicted octanol–water partition coefficient (Wildman–Crippen LogP) is 1.74. The SMILES string of the molecule is C=C(C#N)c1ccnc(SC)n1. The fourth-order valence-corrected chi connectivity index (χ4v) is 1.02. The van der Waals surface area contributed by atoms with Crippen molar-refractivity contribution in [1.82, 2.24) is 9.97 Å². The summed E-state index contributed by atoms with van der Waals surface area (Å²) < 4.78 is 0. The molecular weight excluding hydrogens is 170 g/mol. The second-order valence-electron chi connectivity index (χ2n) is 2.02. The fraction of sp³-hybridized carbons (Fsp3) is 0.125. The minimum Gasteiger partial charge on any atom is -0.231 e. The largest absolute Gasteiger partial charge is 0.231 e. The molecule has 1 heterocycles. The highest BCUT2D eigenvalue weighted by molar-refractivity contribution is 7.98. The van der Waals surface area contributed by atoms with Crippen molar-refractivity contribution >= 4 is 17.3 Å². The first-order valence-electron chi connectivity index (χ1n) is 3.24. The number of allylic oxidation sites excluding steroid dienone is 1. The highest BCUT2D eigenvalue weighted by Gasteiger charge is 2.00. The topological polar surface area (TPSA) is 49.6 Å². The van der Waals surface area contributed by atoms with Gasteiger partial charge in [0, 0.05) is 6.20 Å². The number of hydrogen-bond donors (Lipinski definition) is 0. The molecule has 0 saturated carbocycles. The fourth-order valence-electron chi connectivity index (χ4n) is 0.665. The minimum absolute atomic E-state index is 0.368. The van der Waals surface area contributed by atoms with Crippen LogP contribution in [0.2, 0.25) is 0 Å². The molecule has 0 atom stereocenters. The van der Waals surface area contributed by atoms with E-state index >= 15 is 0 Å². The Labute approximate surface area is 75.2 Å². The predicted molar refractivity (Wildman–Crippen MR) is 48.5 cm³/mol. The van der Waals surface area contributed by atoms with Gasteiger partial charge in [0.1, 0.15) is 6.07 Å². The van der Waals surface area contributed by atoms with Gasteiger partial charge < -0.3 is 0 Å². The van der Waals surface area contributed by atoms with Crippen LogP contribution in [0.5, 0.6) is 0 Å². The molecule has 4 heteroatoms. The van der Waals surface area contributed by atoms with E-state index in [1.807, 2.05) is 12.3 Å². The maximum atomic E-state index is 8.54. The number of aromatic nitrogens is 2. The van der Waals surface area contributed by atoms with Crippen molar-refractivity contribution in [2.45, 2.75) is 5.16 Å². The van der Waals surface area contributed by atoms with Crippen molar-refractivity contribution in [3.8, 4) is 6.07 Å². The Morgan fingerprint density at radius 3 is 3.08 bits per heavy atom. The van der Waals surface area contributed by atoms with Crippen LogP contribution in [0.15, 0.2) is 24.0 Å². The lowest BCUT2D eigenvalue weighted by atomic mass is 10.2. The molecule has 0 unspecified atom stereocenters. The first-order chi connectivity index (χ1) is 5.77. The van der Waals surface area contributed by atoms with Crippen LogP contribution in [-0.2, 0) is 0 Å². The Morgan fingerprint density at radius 2 is 2.50 bits per heavy atom. The highest BCUT2D eigenvalue weighted by atomic mass is 32.2. The zero-order valence-electron chi connectivity index (χ0n) is 6.61. The van der Waals surface area contributed by atoms with E-state index in [1.165, 1.54) is 11.8 Å². The van der Waals surface area contributed by atoms with Crippen molar-refractivity contribution in [3.05, 3.63) is 24.5 Å². The number of nitriles is 1. The van der Waals surface area contributed by atoms with E-state index in [0.717, 1.165) is 0 Å². The average Bonchev–Trinajstić information content (AvgIpc) is 2.17. The van der Waals surface area contributed by atoms with Crippen LogP contribution in [0.1, 0.15) is 5.69 Å². The summed E-state index contributed by atoms with van der Waals surface area (Å²) in [7, 11) is 0. The summed E-state index contributed by atoms with van der Waals surface area (Å²) in [5.74, 6) is 0. The van der Waals surface area contributed by atoms with Gasteiger partial charge >= 0.3 is 0 Å². The van der Waals surface area contributed by atoms with E-state index in [9.17, 15) is 0 Å². The molecule has 0 aromatic carbocycles. The number of hydrogen-bond acceptors (Lipinski definition) is 4. The van der Waals surface area contributed by atoms with Gasteiger partial charge in [0.15, 0.2) is 5.16 Å². The van der Waals surface area contributed by atoms with Crippen LogP contribution in [0.25, 0.3) is 5.57 Å². The summed E-state index contributed by atoms with van der Waals surface area (Å²) in [6.07, 6.45) is 3.50. The summed E-state index contributed by atoms with van der Waals surface area (Å²) >= 11 is 1.44. The molecule has 0 N–H and O–H groups in total. The maximum Gasteiger partial charge on any atom is 0.187 e. The van der Waals surface area contributed by atoms with Crippen LogP contribution in [0, 0.1) is 11.3 Å². The van der Waals surface area contributed by atoms with Crippen molar-refractivity contribution in [2.24, 2.45) is 0 Å². The number of rotatable bonds is 2. The molecule has 0 amide bonds. The van der Waals surface area contributed by atoms with Gasteiger partial charge in [-0.3, -0.25) is 0 Å². The molecule has 0 fully saturated rings. The molecule has 1 rings (SSSR count). The van der Waals surface area contributed by atoms with Crippen molar-refractivity contribution < 1.29 is 0 Å². The highest BCUT2D eigenvalue weighted by Crippen LogP contribution is 2.12. The third-order valence-electron chi connectivity index (χ3n) is 1.26. The molecule has 0 aliphatic heterocycles. The normalized spacial score (nSPS) is 9.00. The zero-order chi connectivity index (χ0) is 8.97. The van der Waals surface area contributed by atoms with Gasteiger partial charge in [0.2, 0.25) is 0 Å². The minimum atomic E-state index is 0.368. The molecule has 12 heavy (non-hydrogen) atoms. The molecule has 0 aliphatic rings. The first kappa shape index (κ1) is 8.75. The Balaban J connectivity index is 3.03. The number of thioether (sulfide) groups is 1. The third-order valence-corrected chi connectivity index (χ3v) is 1.82. The van der Waals surface area contributed by atoms with Gasteiger partial charge in [-0.2, -0.15) is 5.26 Å². The van der Waals surface area contributed by atoms with Gasteiger partial charge in [0.05, 0.1) is 11.3 Å². The van der Waals surface area contributed by atoms with E-state index in [-0.39, 0.29) is 0 Å². The molecule has 0 spiro atoms. The van der Waals surface area contributed by atoms with E-state index in [2.05, 4.69) is 16.5 Å². The summed E-state index contributed by atoms with van der Waals surface area (Å²) in [4.78, 5) is 8.07. The molecule has 0 radical (unpaired) electrons. The standard InChI is InChI=1S/C8H7N3S/c1-6(5-9)7-3-4-10-8(11-7)12-2/h3-4H,1H2,2H3. The summed E-state index contributed by atoms with van der Waals surface area (Å²) in [6, 6.07) is 3.61. The van der Waals surface area contributed by atoms with Gasteiger partial charge in [0.25, 0.3) is 0 Å². The molecule has 0 bridgehead atoms. The monoisotopic (exact) mass is 177 g/mol. The van der Waals surface area contributed by atoms with E-state index in [0.29, 0.717) is 16.4 Å². The summed E-state index contributed by atoms with van der Waals surface area (Å²) in [5, 5.41) is 9.19. The second-order valence-corrected chi connectivity index (χ2v) is 2.79. The van der Waals surface area contributed by atoms with Crippen LogP contribution >= 0.6 is 11.8 Å². The Hall–Kier alpha value is -1.34. The van der Waals surface area contributed by atoms with Crippen LogP contribution in [-0.4, -0.2) is 16.2 Å². The lowest BCUT2D eigenvalue weighted by molar-refractivity contribution is 0.958. The molecular formula is C8H7N3S. The Kier molecular flexibility index (Phi) is 2.83. The average molecular weight is 177 g/mol. The number of nitrogens with zero attached hydrogens (tertiary/aromatic N) is 3. The van der Waals surface area contributed by atoms with Crippen molar-refractivity contribution in [2.75, 3.05) is 6.26 Å². The quantitative estimate of drug-likeness (QED) is 0.392. The molecule has 3 nitrogen and oxygen atoms in total. The molecule has 60 valence electrons. The van der Waals surface area contributed by atoms with Gasteiger partial charge in [-0.15, -0.1) is 0 Å². The lowest BCUT2D eigenvalue weighted by Crippen LogP contribution is -1.90. The van der Waals surface area contributed by atoms with E-state index in [4.69, 9.17) is 5.26 Å². The Bertz CT molecular complexity index is 340. The summed E-state index contributed by atoms with van der Waals surface area (Å²) in [6.45, 7) is 3.56. The van der Waals surface area contributed by atoms with Gasteiger partial charge in [-0.1, -0.05) is 18.3 Å². The zero-order valence-corrected chi connectivity index (χ0v) is 7.43. The van der Waals surface area contributed by atoms with E-state index < -0.39 is 0 Å². The Morgan fingerprint density at radius 1 is 1.75 bits per heavy atom. The molecule has 0 saturated heterocycles. The van der Waals surface area contributed by atoms with Crippen LogP contribution in [0.4, 0.5) is 0 Å². The maximum absolute atomic E-state index is 8.54. The third kappa shape index (κ3) is 1.83. The summed E-state index contributed by atoms with van der Waals surface area (Å²) in [5.41, 5.74) is 0.963. The van der Waals surface area contributed by atoms with Crippen molar-refractivity contribution in [3.63, 3.8) is 0 Å². The lowest BCUT2D eigenvalue weighted by Gasteiger charge is -1.97. The van der Waals surface area contributed by atoms with Crippen molar-refractivity contribution in [1.29, 1.82) is 5.26 Å². The first-order valence-corrected chi connectivity index (χ1v) is 4.47. The van der Waals surface area contributed by atoms with Crippen LogP contribution < -0.4 is 0 Å². The molecule has 1 aromatic heterocycles. The second kappa shape index (κ2) is 3.88. The van der Waals surface area contributed by atoms with Gasteiger partial charge in [-0.05, 0) is 12.3 Å². The van der Waals surface area contributed by atoms with Crippen LogP contribution in [0.3, 0.4) is 0 Å². The molecule has 1 aromatic rings. The smallest absolute Gasteiger partial charge is 0.187 e. The van der Waals surface area contributed by atoms with Gasteiger partial charge in [-0.25, -0.2) is 9.97 Å².